The zero-order chi connectivity index (χ0) is 33.4. The van der Waals surface area contributed by atoms with Crippen molar-refractivity contribution in [1.29, 1.82) is 0 Å². The summed E-state index contributed by atoms with van der Waals surface area (Å²) in [5, 5.41) is 3.70. The smallest absolute Gasteiger partial charge is 0.264 e. The van der Waals surface area contributed by atoms with Crippen molar-refractivity contribution < 1.29 is 18.0 Å². The summed E-state index contributed by atoms with van der Waals surface area (Å²) in [7, 11) is -4.19. The first kappa shape index (κ1) is 34.2. The van der Waals surface area contributed by atoms with Gasteiger partial charge in [-0.05, 0) is 73.7 Å². The van der Waals surface area contributed by atoms with Crippen molar-refractivity contribution in [2.24, 2.45) is 0 Å². The number of benzene rings is 4. The van der Waals surface area contributed by atoms with E-state index in [1.807, 2.05) is 67.6 Å². The Morgan fingerprint density at radius 3 is 2.06 bits per heavy atom. The molecule has 1 saturated carbocycles. The number of amides is 2. The predicted octanol–water partition coefficient (Wildman–Crippen LogP) is 7.24. The first-order valence-electron chi connectivity index (χ1n) is 16.1. The number of nitrogens with one attached hydrogen (secondary N) is 1. The lowest BCUT2D eigenvalue weighted by Gasteiger charge is -2.35. The number of sulfonamides is 1. The van der Waals surface area contributed by atoms with E-state index in [1.54, 1.807) is 54.3 Å². The summed E-state index contributed by atoms with van der Waals surface area (Å²) in [6.07, 6.45) is 5.32. The molecule has 1 N–H and O–H groups in total. The maximum absolute atomic E-state index is 14.7. The van der Waals surface area contributed by atoms with Crippen LogP contribution in [0.3, 0.4) is 0 Å². The lowest BCUT2D eigenvalue weighted by molar-refractivity contribution is -0.140. The number of carbonyl (C=O) groups excluding carboxylic acids is 2. The van der Waals surface area contributed by atoms with Gasteiger partial charge in [0.15, 0.2) is 0 Å². The van der Waals surface area contributed by atoms with Crippen molar-refractivity contribution >= 4 is 39.1 Å². The molecule has 4 aromatic carbocycles. The predicted molar refractivity (Wildman–Crippen MR) is 188 cm³/mol. The summed E-state index contributed by atoms with van der Waals surface area (Å²) in [5.41, 5.74) is 3.59. The van der Waals surface area contributed by atoms with E-state index in [1.165, 1.54) is 0 Å². The monoisotopic (exact) mass is 671 g/mol. The van der Waals surface area contributed by atoms with Gasteiger partial charge in [-0.2, -0.15) is 0 Å². The molecule has 0 aliphatic heterocycles. The highest BCUT2D eigenvalue weighted by Crippen LogP contribution is 2.30. The van der Waals surface area contributed by atoms with Crippen molar-refractivity contribution in [2.45, 2.75) is 75.9 Å². The molecule has 4 aromatic rings. The van der Waals surface area contributed by atoms with E-state index >= 15 is 0 Å². The Kier molecular flexibility index (Phi) is 11.4. The molecule has 2 amide bonds. The molecule has 47 heavy (non-hydrogen) atoms. The topological polar surface area (TPSA) is 86.8 Å². The first-order chi connectivity index (χ1) is 22.6. The fourth-order valence-corrected chi connectivity index (χ4v) is 7.83. The van der Waals surface area contributed by atoms with Crippen molar-refractivity contribution in [2.75, 3.05) is 10.8 Å². The van der Waals surface area contributed by atoms with E-state index in [4.69, 9.17) is 11.6 Å². The summed E-state index contributed by atoms with van der Waals surface area (Å²) < 4.78 is 29.7. The number of anilines is 1. The van der Waals surface area contributed by atoms with Gasteiger partial charge in [0.2, 0.25) is 11.8 Å². The third-order valence-corrected chi connectivity index (χ3v) is 10.7. The Morgan fingerprint density at radius 2 is 1.45 bits per heavy atom. The largest absolute Gasteiger partial charge is 0.352 e. The van der Waals surface area contributed by atoms with Gasteiger partial charge in [-0.3, -0.25) is 13.9 Å². The van der Waals surface area contributed by atoms with Gasteiger partial charge >= 0.3 is 0 Å². The highest BCUT2D eigenvalue weighted by Gasteiger charge is 2.35. The van der Waals surface area contributed by atoms with Crippen LogP contribution in [0, 0.1) is 13.8 Å². The summed E-state index contributed by atoms with van der Waals surface area (Å²) in [6, 6.07) is 29.7. The Hall–Kier alpha value is -4.14. The van der Waals surface area contributed by atoms with E-state index in [2.05, 4.69) is 5.32 Å². The number of carbonyl (C=O) groups is 2. The SMILES string of the molecule is Cc1ccc(S(=O)(=O)N(CC(=O)N(Cc2ccccc2)[C@H](Cc2ccccc2)C(=O)NC2CCCCC2)c2ccc(Cl)cc2C)cc1. The van der Waals surface area contributed by atoms with Crippen LogP contribution in [0.4, 0.5) is 5.69 Å². The van der Waals surface area contributed by atoms with Crippen molar-refractivity contribution in [3.05, 3.63) is 130 Å². The summed E-state index contributed by atoms with van der Waals surface area (Å²) in [5.74, 6) is -0.723. The minimum atomic E-state index is -4.19. The maximum atomic E-state index is 14.7. The van der Waals surface area contributed by atoms with Crippen LogP contribution in [0.15, 0.2) is 108 Å². The van der Waals surface area contributed by atoms with Gasteiger partial charge < -0.3 is 10.2 Å². The Balaban J connectivity index is 1.57. The number of hydrogen-bond donors (Lipinski definition) is 1. The molecule has 0 saturated heterocycles. The molecular formula is C38H42ClN3O4S. The molecule has 1 atom stereocenters. The van der Waals surface area contributed by atoms with E-state index in [0.717, 1.165) is 53.1 Å². The second kappa shape index (κ2) is 15.6. The minimum absolute atomic E-state index is 0.0401. The second-order valence-electron chi connectivity index (χ2n) is 12.3. The van der Waals surface area contributed by atoms with Crippen LogP contribution < -0.4 is 9.62 Å². The number of rotatable bonds is 12. The Morgan fingerprint density at radius 1 is 0.830 bits per heavy atom. The number of nitrogens with zero attached hydrogens (tertiary/aromatic N) is 2. The van der Waals surface area contributed by atoms with Gasteiger partial charge in [0.05, 0.1) is 10.6 Å². The quantitative estimate of drug-likeness (QED) is 0.172. The molecule has 1 fully saturated rings. The second-order valence-corrected chi connectivity index (χ2v) is 14.6. The van der Waals surface area contributed by atoms with Gasteiger partial charge in [-0.1, -0.05) is 109 Å². The van der Waals surface area contributed by atoms with Crippen LogP contribution in [0.2, 0.25) is 5.02 Å². The van der Waals surface area contributed by atoms with Crippen LogP contribution in [-0.4, -0.2) is 43.8 Å². The Labute approximate surface area is 283 Å². The zero-order valence-corrected chi connectivity index (χ0v) is 28.5. The summed E-state index contributed by atoms with van der Waals surface area (Å²) >= 11 is 6.26. The molecule has 0 heterocycles. The van der Waals surface area contributed by atoms with Crippen molar-refractivity contribution in [3.8, 4) is 0 Å². The molecule has 0 radical (unpaired) electrons. The van der Waals surface area contributed by atoms with E-state index in [0.29, 0.717) is 16.3 Å². The number of halogens is 1. The van der Waals surface area contributed by atoms with Gasteiger partial charge in [0.1, 0.15) is 12.6 Å². The standard InChI is InChI=1S/C38H42ClN3O4S/c1-28-18-21-34(22-19-28)47(45,46)42(35-23-20-32(39)24-29(35)2)27-37(43)41(26-31-14-8-4-9-15-31)36(25-30-12-6-3-7-13-30)38(44)40-33-16-10-5-11-17-33/h3-4,6-9,12-15,18-24,33,36H,5,10-11,16-17,25-27H2,1-2H3,(H,40,44)/t36-/m1/s1. The highest BCUT2D eigenvalue weighted by atomic mass is 35.5. The molecule has 5 rings (SSSR count). The summed E-state index contributed by atoms with van der Waals surface area (Å²) in [6.45, 7) is 3.27. The van der Waals surface area contributed by atoms with Crippen LogP contribution in [-0.2, 0) is 32.6 Å². The van der Waals surface area contributed by atoms with Crippen LogP contribution >= 0.6 is 11.6 Å². The van der Waals surface area contributed by atoms with E-state index < -0.39 is 28.5 Å². The normalized spacial score (nSPS) is 14.3. The first-order valence-corrected chi connectivity index (χ1v) is 18.0. The van der Waals surface area contributed by atoms with Crippen LogP contribution in [0.5, 0.6) is 0 Å². The molecule has 7 nitrogen and oxygen atoms in total. The molecule has 9 heteroatoms. The summed E-state index contributed by atoms with van der Waals surface area (Å²) in [4.78, 5) is 30.5. The molecule has 0 bridgehead atoms. The maximum Gasteiger partial charge on any atom is 0.264 e. The van der Waals surface area contributed by atoms with Gasteiger partial charge in [-0.15, -0.1) is 0 Å². The van der Waals surface area contributed by atoms with Gasteiger partial charge in [0, 0.05) is 24.0 Å². The molecule has 0 aromatic heterocycles. The molecule has 0 spiro atoms. The zero-order valence-electron chi connectivity index (χ0n) is 26.9. The van der Waals surface area contributed by atoms with Crippen molar-refractivity contribution in [3.63, 3.8) is 0 Å². The van der Waals surface area contributed by atoms with E-state index in [9.17, 15) is 18.0 Å². The average molecular weight is 672 g/mol. The fraction of sp³-hybridized carbons (Fsp3) is 0.316. The Bertz CT molecular complexity index is 1760. The molecular weight excluding hydrogens is 630 g/mol. The van der Waals surface area contributed by atoms with E-state index in [-0.39, 0.29) is 29.8 Å². The van der Waals surface area contributed by atoms with Gasteiger partial charge in [-0.25, -0.2) is 8.42 Å². The molecule has 0 unspecified atom stereocenters. The molecule has 1 aliphatic rings. The number of hydrogen-bond acceptors (Lipinski definition) is 4. The van der Waals surface area contributed by atoms with Crippen LogP contribution in [0.25, 0.3) is 0 Å². The lowest BCUT2D eigenvalue weighted by Crippen LogP contribution is -2.55. The fourth-order valence-electron chi connectivity index (χ4n) is 6.13. The lowest BCUT2D eigenvalue weighted by atomic mass is 9.94. The highest BCUT2D eigenvalue weighted by molar-refractivity contribution is 7.92. The third kappa shape index (κ3) is 8.82. The van der Waals surface area contributed by atoms with Crippen LogP contribution in [0.1, 0.15) is 54.4 Å². The molecule has 246 valence electrons. The van der Waals surface area contributed by atoms with Crippen molar-refractivity contribution in [1.82, 2.24) is 10.2 Å². The molecule has 1 aliphatic carbocycles. The minimum Gasteiger partial charge on any atom is -0.352 e. The average Bonchev–Trinajstić information content (AvgIpc) is 3.07. The third-order valence-electron chi connectivity index (χ3n) is 8.73. The number of aryl methyl sites for hydroxylation is 2. The van der Waals surface area contributed by atoms with Gasteiger partial charge in [0.25, 0.3) is 10.0 Å².